The third-order valence-electron chi connectivity index (χ3n) is 2.53. The Labute approximate surface area is 119 Å². The van der Waals surface area contributed by atoms with Crippen molar-refractivity contribution in [3.8, 4) is 0 Å². The van der Waals surface area contributed by atoms with Gasteiger partial charge in [-0.1, -0.05) is 0 Å². The monoisotopic (exact) mass is 298 g/mol. The van der Waals surface area contributed by atoms with E-state index in [2.05, 4.69) is 5.32 Å². The number of hydrogen-bond donors (Lipinski definition) is 2. The Morgan fingerprint density at radius 3 is 2.45 bits per heavy atom. The van der Waals surface area contributed by atoms with E-state index in [-0.39, 0.29) is 16.1 Å². The summed E-state index contributed by atoms with van der Waals surface area (Å²) in [5.41, 5.74) is -0.137. The summed E-state index contributed by atoms with van der Waals surface area (Å²) in [7, 11) is 1.42. The number of carboxylic acids is 1. The van der Waals surface area contributed by atoms with Gasteiger partial charge in [0, 0.05) is 18.7 Å². The molecule has 2 N–H and O–H groups in total. The summed E-state index contributed by atoms with van der Waals surface area (Å²) in [6.07, 6.45) is 0. The molecule has 0 atom stereocenters. The van der Waals surface area contributed by atoms with Gasteiger partial charge in [-0.25, -0.2) is 0 Å². The first-order valence-corrected chi connectivity index (χ1v) is 6.43. The fourth-order valence-electron chi connectivity index (χ4n) is 1.35. The van der Waals surface area contributed by atoms with E-state index < -0.39 is 21.5 Å². The summed E-state index contributed by atoms with van der Waals surface area (Å²) in [4.78, 5) is 33.2. The Morgan fingerprint density at radius 1 is 1.40 bits per heavy atom. The molecule has 0 saturated carbocycles. The highest BCUT2D eigenvalue weighted by Crippen LogP contribution is 2.38. The zero-order chi connectivity index (χ0) is 15.5. The minimum atomic E-state index is -1.21. The van der Waals surface area contributed by atoms with Crippen LogP contribution < -0.4 is 5.32 Å². The lowest BCUT2D eigenvalue weighted by Crippen LogP contribution is -2.27. The number of nitro groups is 1. The number of nitrogens with one attached hydrogen (secondary N) is 1. The van der Waals surface area contributed by atoms with Gasteiger partial charge < -0.3 is 10.4 Å². The highest BCUT2D eigenvalue weighted by Gasteiger charge is 2.31. The highest BCUT2D eigenvalue weighted by molar-refractivity contribution is 8.01. The summed E-state index contributed by atoms with van der Waals surface area (Å²) in [5, 5.41) is 22.5. The largest absolute Gasteiger partial charge is 0.480 e. The first-order chi connectivity index (χ1) is 9.19. The first kappa shape index (κ1) is 16.0. The van der Waals surface area contributed by atoms with Crippen LogP contribution in [0.25, 0.3) is 0 Å². The molecule has 0 aliphatic carbocycles. The molecule has 1 aromatic carbocycles. The Kier molecular flexibility index (Phi) is 4.72. The van der Waals surface area contributed by atoms with Gasteiger partial charge in [0.05, 0.1) is 9.82 Å². The van der Waals surface area contributed by atoms with Gasteiger partial charge in [0.25, 0.3) is 11.6 Å². The normalized spacial score (nSPS) is 10.9. The van der Waals surface area contributed by atoms with E-state index in [1.807, 2.05) is 0 Å². The van der Waals surface area contributed by atoms with E-state index in [9.17, 15) is 19.7 Å². The zero-order valence-corrected chi connectivity index (χ0v) is 12.0. The third kappa shape index (κ3) is 3.47. The fourth-order valence-corrected chi connectivity index (χ4v) is 2.36. The van der Waals surface area contributed by atoms with Crippen LogP contribution in [0.4, 0.5) is 5.69 Å². The van der Waals surface area contributed by atoms with E-state index in [4.69, 9.17) is 5.11 Å². The van der Waals surface area contributed by atoms with Crippen molar-refractivity contribution in [2.75, 3.05) is 7.05 Å². The lowest BCUT2D eigenvalue weighted by molar-refractivity contribution is -0.387. The average molecular weight is 298 g/mol. The summed E-state index contributed by atoms with van der Waals surface area (Å²) in [6.45, 7) is 2.91. The van der Waals surface area contributed by atoms with Crippen LogP contribution in [-0.4, -0.2) is 33.7 Å². The molecular weight excluding hydrogens is 284 g/mol. The van der Waals surface area contributed by atoms with Gasteiger partial charge in [-0.2, -0.15) is 0 Å². The van der Waals surface area contributed by atoms with Crippen LogP contribution in [0.1, 0.15) is 24.2 Å². The molecule has 8 heteroatoms. The van der Waals surface area contributed by atoms with E-state index in [0.29, 0.717) is 0 Å². The van der Waals surface area contributed by atoms with E-state index in [1.165, 1.54) is 33.0 Å². The quantitative estimate of drug-likeness (QED) is 0.488. The van der Waals surface area contributed by atoms with Crippen molar-refractivity contribution in [1.29, 1.82) is 0 Å². The van der Waals surface area contributed by atoms with Gasteiger partial charge >= 0.3 is 5.97 Å². The second kappa shape index (κ2) is 5.91. The highest BCUT2D eigenvalue weighted by atomic mass is 32.2. The van der Waals surface area contributed by atoms with Crippen LogP contribution in [0.5, 0.6) is 0 Å². The lowest BCUT2D eigenvalue weighted by Gasteiger charge is -2.18. The fraction of sp³-hybridized carbons (Fsp3) is 0.333. The molecule has 20 heavy (non-hydrogen) atoms. The second-order valence-electron chi connectivity index (χ2n) is 4.44. The summed E-state index contributed by atoms with van der Waals surface area (Å²) in [5.74, 6) is -1.52. The van der Waals surface area contributed by atoms with Crippen molar-refractivity contribution in [3.63, 3.8) is 0 Å². The van der Waals surface area contributed by atoms with Crippen LogP contribution in [0.15, 0.2) is 23.1 Å². The lowest BCUT2D eigenvalue weighted by atomic mass is 10.2. The third-order valence-corrected chi connectivity index (χ3v) is 3.78. The molecular formula is C12H14N2O5S. The van der Waals surface area contributed by atoms with Crippen LogP contribution in [0.3, 0.4) is 0 Å². The molecule has 0 fully saturated rings. The molecule has 0 aliphatic heterocycles. The number of carboxylic acid groups (broad SMARTS) is 1. The Balaban J connectivity index is 3.24. The molecule has 1 rings (SSSR count). The van der Waals surface area contributed by atoms with Gasteiger partial charge in [-0.15, -0.1) is 11.8 Å². The number of nitrogens with zero attached hydrogens (tertiary/aromatic N) is 1. The predicted molar refractivity (Wildman–Crippen MR) is 74.1 cm³/mol. The SMILES string of the molecule is CNC(=O)c1ccc(SC(C)(C)C(=O)O)c([N+](=O)[O-])c1. The first-order valence-electron chi connectivity index (χ1n) is 5.62. The van der Waals surface area contributed by atoms with Crippen molar-refractivity contribution >= 4 is 29.3 Å². The van der Waals surface area contributed by atoms with Crippen molar-refractivity contribution in [2.24, 2.45) is 0 Å². The summed E-state index contributed by atoms with van der Waals surface area (Å²) < 4.78 is -1.21. The van der Waals surface area contributed by atoms with Crippen molar-refractivity contribution < 1.29 is 19.6 Å². The number of thioether (sulfide) groups is 1. The topological polar surface area (TPSA) is 110 Å². The minimum absolute atomic E-state index is 0.150. The number of benzene rings is 1. The maximum absolute atomic E-state index is 11.5. The van der Waals surface area contributed by atoms with Crippen LogP contribution in [0, 0.1) is 10.1 Å². The van der Waals surface area contributed by atoms with Crippen LogP contribution in [0.2, 0.25) is 0 Å². The number of hydrogen-bond acceptors (Lipinski definition) is 5. The maximum Gasteiger partial charge on any atom is 0.319 e. The molecule has 0 aromatic heterocycles. The second-order valence-corrected chi connectivity index (χ2v) is 6.10. The zero-order valence-electron chi connectivity index (χ0n) is 11.2. The molecule has 0 spiro atoms. The van der Waals surface area contributed by atoms with Gasteiger partial charge in [-0.3, -0.25) is 19.7 Å². The molecule has 0 radical (unpaired) electrons. The van der Waals surface area contributed by atoms with Gasteiger partial charge in [0.1, 0.15) is 4.75 Å². The van der Waals surface area contributed by atoms with E-state index in [0.717, 1.165) is 17.8 Å². The minimum Gasteiger partial charge on any atom is -0.480 e. The summed E-state index contributed by atoms with van der Waals surface area (Å²) in [6, 6.07) is 3.95. The van der Waals surface area contributed by atoms with Crippen molar-refractivity contribution in [2.45, 2.75) is 23.5 Å². The Morgan fingerprint density at radius 2 is 2.00 bits per heavy atom. The smallest absolute Gasteiger partial charge is 0.319 e. The molecule has 1 amide bonds. The predicted octanol–water partition coefficient (Wildman–Crippen LogP) is 1.91. The van der Waals surface area contributed by atoms with Crippen LogP contribution in [-0.2, 0) is 4.79 Å². The standard InChI is InChI=1S/C12H14N2O5S/c1-12(2,11(16)17)20-9-5-4-7(10(15)13-3)6-8(9)14(18)19/h4-6H,1-3H3,(H,13,15)(H,16,17). The van der Waals surface area contributed by atoms with Gasteiger partial charge in [-0.05, 0) is 26.0 Å². The molecule has 1 aromatic rings. The molecule has 0 bridgehead atoms. The number of carbonyl (C=O) groups is 2. The number of amides is 1. The average Bonchev–Trinajstić information content (AvgIpc) is 2.37. The van der Waals surface area contributed by atoms with Crippen molar-refractivity contribution in [1.82, 2.24) is 5.32 Å². The molecule has 0 saturated heterocycles. The van der Waals surface area contributed by atoms with Crippen LogP contribution >= 0.6 is 11.8 Å². The Bertz CT molecular complexity index is 571. The number of carbonyl (C=O) groups excluding carboxylic acids is 1. The maximum atomic E-state index is 11.5. The molecule has 108 valence electrons. The number of aliphatic carboxylic acids is 1. The Hall–Kier alpha value is -2.09. The molecule has 0 aliphatic rings. The molecule has 0 unspecified atom stereocenters. The van der Waals surface area contributed by atoms with E-state index >= 15 is 0 Å². The van der Waals surface area contributed by atoms with Crippen molar-refractivity contribution in [3.05, 3.63) is 33.9 Å². The number of rotatable bonds is 5. The molecule has 0 heterocycles. The van der Waals surface area contributed by atoms with Gasteiger partial charge in [0.15, 0.2) is 0 Å². The van der Waals surface area contributed by atoms with Gasteiger partial charge in [0.2, 0.25) is 0 Å². The summed E-state index contributed by atoms with van der Waals surface area (Å²) >= 11 is 0.864. The van der Waals surface area contributed by atoms with E-state index in [1.54, 1.807) is 0 Å². The molecule has 7 nitrogen and oxygen atoms in total. The number of nitro benzene ring substituents is 1.